The first-order valence-electron chi connectivity index (χ1n) is 4.32. The lowest BCUT2D eigenvalue weighted by Crippen LogP contribution is -1.95. The molecule has 0 aliphatic rings. The van der Waals surface area contributed by atoms with Gasteiger partial charge in [-0.2, -0.15) is 0 Å². The first-order valence-corrected chi connectivity index (χ1v) is 4.32. The normalized spacial score (nSPS) is 12.7. The van der Waals surface area contributed by atoms with Crippen LogP contribution in [0.5, 0.6) is 0 Å². The van der Waals surface area contributed by atoms with E-state index in [0.717, 1.165) is 5.89 Å². The molecule has 2 aromatic rings. The number of nitrogens with zero attached hydrogens (tertiary/aromatic N) is 1. The third kappa shape index (κ3) is 1.61. The van der Waals surface area contributed by atoms with Gasteiger partial charge in [-0.15, -0.1) is 0 Å². The molecule has 0 saturated heterocycles. The van der Waals surface area contributed by atoms with Gasteiger partial charge in [-0.25, -0.2) is 4.98 Å². The summed E-state index contributed by atoms with van der Waals surface area (Å²) in [5, 5.41) is 0. The Bertz CT molecular complexity index is 353. The van der Waals surface area contributed by atoms with E-state index in [1.807, 2.05) is 18.2 Å². The molecule has 0 fully saturated rings. The van der Waals surface area contributed by atoms with Gasteiger partial charge in [-0.3, -0.25) is 0 Å². The van der Waals surface area contributed by atoms with Crippen LogP contribution >= 0.6 is 0 Å². The van der Waals surface area contributed by atoms with Gasteiger partial charge in [-0.05, 0) is 12.5 Å². The zero-order valence-corrected chi connectivity index (χ0v) is 7.47. The van der Waals surface area contributed by atoms with E-state index in [4.69, 9.17) is 4.42 Å². The molecule has 0 amide bonds. The summed E-state index contributed by atoms with van der Waals surface area (Å²) in [7, 11) is 0. The van der Waals surface area contributed by atoms with Crippen molar-refractivity contribution in [2.75, 3.05) is 0 Å². The van der Waals surface area contributed by atoms with Gasteiger partial charge in [0.2, 0.25) is 5.89 Å². The standard InChI is InChI=1S/C11H11NO/c1-9(11-12-7-8-13-11)10-5-3-2-4-6-10/h2-9H,1H3. The van der Waals surface area contributed by atoms with E-state index in [0.29, 0.717) is 0 Å². The van der Waals surface area contributed by atoms with Crippen LogP contribution in [0.1, 0.15) is 24.3 Å². The molecule has 1 aromatic carbocycles. The Kier molecular flexibility index (Phi) is 2.13. The molecule has 0 spiro atoms. The van der Waals surface area contributed by atoms with E-state index < -0.39 is 0 Å². The van der Waals surface area contributed by atoms with Crippen LogP contribution in [-0.4, -0.2) is 4.98 Å². The van der Waals surface area contributed by atoms with Crippen molar-refractivity contribution in [3.63, 3.8) is 0 Å². The van der Waals surface area contributed by atoms with Gasteiger partial charge in [0.1, 0.15) is 6.26 Å². The molecular formula is C11H11NO. The molecule has 0 aliphatic carbocycles. The zero-order valence-electron chi connectivity index (χ0n) is 7.47. The van der Waals surface area contributed by atoms with E-state index in [1.54, 1.807) is 12.5 Å². The van der Waals surface area contributed by atoms with Gasteiger partial charge in [0, 0.05) is 0 Å². The lowest BCUT2D eigenvalue weighted by atomic mass is 10.0. The van der Waals surface area contributed by atoms with Crippen molar-refractivity contribution in [1.29, 1.82) is 0 Å². The largest absolute Gasteiger partial charge is 0.448 e. The number of hydrogen-bond acceptors (Lipinski definition) is 2. The van der Waals surface area contributed by atoms with Gasteiger partial charge in [0.05, 0.1) is 12.1 Å². The van der Waals surface area contributed by atoms with Crippen molar-refractivity contribution >= 4 is 0 Å². The first-order chi connectivity index (χ1) is 6.38. The van der Waals surface area contributed by atoms with Gasteiger partial charge in [0.25, 0.3) is 0 Å². The minimum atomic E-state index is 0.233. The molecule has 0 bridgehead atoms. The quantitative estimate of drug-likeness (QED) is 0.698. The molecule has 1 unspecified atom stereocenters. The van der Waals surface area contributed by atoms with Gasteiger partial charge < -0.3 is 4.42 Å². The molecule has 1 heterocycles. The number of rotatable bonds is 2. The summed E-state index contributed by atoms with van der Waals surface area (Å²) >= 11 is 0. The number of benzene rings is 1. The van der Waals surface area contributed by atoms with Crippen molar-refractivity contribution in [2.45, 2.75) is 12.8 Å². The molecule has 2 heteroatoms. The summed E-state index contributed by atoms with van der Waals surface area (Å²) in [6.45, 7) is 2.08. The topological polar surface area (TPSA) is 26.0 Å². The highest BCUT2D eigenvalue weighted by atomic mass is 16.3. The van der Waals surface area contributed by atoms with E-state index in [2.05, 4.69) is 24.0 Å². The maximum Gasteiger partial charge on any atom is 0.201 e. The molecule has 1 aromatic heterocycles. The molecule has 0 radical (unpaired) electrons. The van der Waals surface area contributed by atoms with Crippen LogP contribution in [0.3, 0.4) is 0 Å². The minimum Gasteiger partial charge on any atom is -0.448 e. The SMILES string of the molecule is CC(c1ccccc1)c1ncco1. The minimum absolute atomic E-state index is 0.233. The second-order valence-electron chi connectivity index (χ2n) is 3.00. The molecule has 0 aliphatic heterocycles. The molecular weight excluding hydrogens is 162 g/mol. The van der Waals surface area contributed by atoms with E-state index in [9.17, 15) is 0 Å². The van der Waals surface area contributed by atoms with E-state index in [1.165, 1.54) is 5.56 Å². The molecule has 1 atom stereocenters. The van der Waals surface area contributed by atoms with E-state index >= 15 is 0 Å². The first kappa shape index (κ1) is 8.05. The van der Waals surface area contributed by atoms with Crippen molar-refractivity contribution in [2.24, 2.45) is 0 Å². The van der Waals surface area contributed by atoms with Crippen molar-refractivity contribution in [3.05, 3.63) is 54.2 Å². The summed E-state index contributed by atoms with van der Waals surface area (Å²) in [4.78, 5) is 4.13. The Morgan fingerprint density at radius 2 is 2.00 bits per heavy atom. The summed E-state index contributed by atoms with van der Waals surface area (Å²) in [6, 6.07) is 10.2. The molecule has 13 heavy (non-hydrogen) atoms. The van der Waals surface area contributed by atoms with E-state index in [-0.39, 0.29) is 5.92 Å². The lowest BCUT2D eigenvalue weighted by Gasteiger charge is -2.06. The third-order valence-corrected chi connectivity index (χ3v) is 2.12. The average Bonchev–Trinajstić information content (AvgIpc) is 2.71. The summed E-state index contributed by atoms with van der Waals surface area (Å²) in [5.74, 6) is 1.00. The Balaban J connectivity index is 2.29. The second-order valence-corrected chi connectivity index (χ2v) is 3.00. The molecule has 66 valence electrons. The summed E-state index contributed by atoms with van der Waals surface area (Å²) in [6.07, 6.45) is 3.28. The predicted octanol–water partition coefficient (Wildman–Crippen LogP) is 2.83. The Morgan fingerprint density at radius 3 is 2.62 bits per heavy atom. The Morgan fingerprint density at radius 1 is 1.23 bits per heavy atom. The molecule has 2 nitrogen and oxygen atoms in total. The van der Waals surface area contributed by atoms with Crippen LogP contribution in [-0.2, 0) is 0 Å². The van der Waals surface area contributed by atoms with Gasteiger partial charge in [-0.1, -0.05) is 30.3 Å². The van der Waals surface area contributed by atoms with Crippen LogP contribution in [0, 0.1) is 0 Å². The monoisotopic (exact) mass is 173 g/mol. The predicted molar refractivity (Wildman–Crippen MR) is 50.5 cm³/mol. The number of hydrogen-bond donors (Lipinski definition) is 0. The summed E-state index contributed by atoms with van der Waals surface area (Å²) in [5.41, 5.74) is 1.23. The Labute approximate surface area is 77.2 Å². The van der Waals surface area contributed by atoms with Crippen molar-refractivity contribution < 1.29 is 4.42 Å². The third-order valence-electron chi connectivity index (χ3n) is 2.12. The summed E-state index contributed by atoms with van der Waals surface area (Å²) < 4.78 is 5.24. The van der Waals surface area contributed by atoms with Crippen molar-refractivity contribution in [1.82, 2.24) is 4.98 Å². The second kappa shape index (κ2) is 3.44. The lowest BCUT2D eigenvalue weighted by molar-refractivity contribution is 0.480. The highest BCUT2D eigenvalue weighted by molar-refractivity contribution is 5.23. The maximum atomic E-state index is 5.24. The van der Waals surface area contributed by atoms with Crippen LogP contribution in [0.2, 0.25) is 0 Å². The molecule has 0 N–H and O–H groups in total. The zero-order chi connectivity index (χ0) is 9.10. The fourth-order valence-electron chi connectivity index (χ4n) is 1.33. The van der Waals surface area contributed by atoms with Crippen molar-refractivity contribution in [3.8, 4) is 0 Å². The smallest absolute Gasteiger partial charge is 0.201 e. The van der Waals surface area contributed by atoms with Crippen LogP contribution in [0.15, 0.2) is 47.2 Å². The molecule has 2 rings (SSSR count). The van der Waals surface area contributed by atoms with Crippen LogP contribution in [0.4, 0.5) is 0 Å². The molecule has 0 saturated carbocycles. The van der Waals surface area contributed by atoms with Gasteiger partial charge in [0.15, 0.2) is 0 Å². The maximum absolute atomic E-state index is 5.24. The van der Waals surface area contributed by atoms with Gasteiger partial charge >= 0.3 is 0 Å². The van der Waals surface area contributed by atoms with Crippen LogP contribution in [0.25, 0.3) is 0 Å². The number of oxazole rings is 1. The fraction of sp³-hybridized carbons (Fsp3) is 0.182. The number of aromatic nitrogens is 1. The average molecular weight is 173 g/mol. The fourth-order valence-corrected chi connectivity index (χ4v) is 1.33. The Hall–Kier alpha value is -1.57. The highest BCUT2D eigenvalue weighted by Crippen LogP contribution is 2.21. The van der Waals surface area contributed by atoms with Crippen LogP contribution < -0.4 is 0 Å². The highest BCUT2D eigenvalue weighted by Gasteiger charge is 2.11.